The van der Waals surface area contributed by atoms with Crippen molar-refractivity contribution < 1.29 is 9.53 Å². The van der Waals surface area contributed by atoms with E-state index < -0.39 is 0 Å². The van der Waals surface area contributed by atoms with Crippen LogP contribution in [0, 0.1) is 0 Å². The molecule has 0 fully saturated rings. The van der Waals surface area contributed by atoms with E-state index in [0.29, 0.717) is 11.8 Å². The summed E-state index contributed by atoms with van der Waals surface area (Å²) in [5.74, 6) is 0.466. The highest BCUT2D eigenvalue weighted by Crippen LogP contribution is 2.46. The van der Waals surface area contributed by atoms with Crippen LogP contribution in [0.3, 0.4) is 0 Å². The number of rotatable bonds is 4. The predicted octanol–water partition coefficient (Wildman–Crippen LogP) is 5.73. The summed E-state index contributed by atoms with van der Waals surface area (Å²) in [4.78, 5) is 11.3. The van der Waals surface area contributed by atoms with E-state index in [9.17, 15) is 4.79 Å². The van der Waals surface area contributed by atoms with Crippen molar-refractivity contribution in [2.75, 3.05) is 7.11 Å². The maximum Gasteiger partial charge on any atom is 0.330 e. The zero-order chi connectivity index (χ0) is 19.3. The van der Waals surface area contributed by atoms with Crippen LogP contribution in [0.4, 0.5) is 0 Å². The maximum absolute atomic E-state index is 11.3. The Morgan fingerprint density at radius 3 is 2.36 bits per heavy atom. The molecule has 0 saturated heterocycles. The molecule has 1 aliphatic carbocycles. The molecule has 0 aliphatic heterocycles. The topological polar surface area (TPSA) is 26.3 Å². The minimum absolute atomic E-state index is 0.338. The van der Waals surface area contributed by atoms with Crippen molar-refractivity contribution in [3.63, 3.8) is 0 Å². The van der Waals surface area contributed by atoms with Gasteiger partial charge in [0.05, 0.1) is 7.11 Å². The van der Waals surface area contributed by atoms with Crippen molar-refractivity contribution in [1.82, 2.24) is 0 Å². The van der Waals surface area contributed by atoms with Crippen molar-refractivity contribution in [2.24, 2.45) is 0 Å². The second-order valence-electron chi connectivity index (χ2n) is 7.26. The van der Waals surface area contributed by atoms with Crippen molar-refractivity contribution in [3.05, 3.63) is 113 Å². The van der Waals surface area contributed by atoms with Gasteiger partial charge in [0, 0.05) is 12.0 Å². The molecule has 0 radical (unpaired) electrons. The van der Waals surface area contributed by atoms with Crippen molar-refractivity contribution in [1.29, 1.82) is 0 Å². The number of methoxy groups -OCH3 is 1. The molecule has 28 heavy (non-hydrogen) atoms. The van der Waals surface area contributed by atoms with Crippen LogP contribution in [0.25, 0.3) is 6.08 Å². The third kappa shape index (κ3) is 3.77. The fraction of sp³-hybridized carbons (Fsp3) is 0.192. The van der Waals surface area contributed by atoms with Gasteiger partial charge in [-0.2, -0.15) is 0 Å². The lowest BCUT2D eigenvalue weighted by Gasteiger charge is -2.34. The van der Waals surface area contributed by atoms with E-state index in [0.717, 1.165) is 18.4 Å². The van der Waals surface area contributed by atoms with E-state index >= 15 is 0 Å². The average Bonchev–Trinajstić information content (AvgIpc) is 2.77. The van der Waals surface area contributed by atoms with Crippen LogP contribution in [-0.2, 0) is 16.0 Å². The fourth-order valence-electron chi connectivity index (χ4n) is 4.28. The van der Waals surface area contributed by atoms with E-state index in [1.165, 1.54) is 35.4 Å². The Hall–Kier alpha value is -3.13. The number of ether oxygens (including phenoxy) is 1. The first-order valence-electron chi connectivity index (χ1n) is 9.75. The molecule has 0 heterocycles. The van der Waals surface area contributed by atoms with E-state index in [2.05, 4.69) is 83.6 Å². The van der Waals surface area contributed by atoms with Gasteiger partial charge in [0.1, 0.15) is 0 Å². The Balaban J connectivity index is 1.71. The Labute approximate surface area is 166 Å². The molecular weight excluding hydrogens is 344 g/mol. The molecule has 140 valence electrons. The highest BCUT2D eigenvalue weighted by molar-refractivity contribution is 5.86. The summed E-state index contributed by atoms with van der Waals surface area (Å²) in [6, 6.07) is 28.2. The third-order valence-corrected chi connectivity index (χ3v) is 5.65. The molecule has 1 aliphatic rings. The summed E-state index contributed by atoms with van der Waals surface area (Å²) >= 11 is 0. The lowest BCUT2D eigenvalue weighted by Crippen LogP contribution is -2.20. The Morgan fingerprint density at radius 2 is 1.61 bits per heavy atom. The summed E-state index contributed by atoms with van der Waals surface area (Å²) in [6.07, 6.45) is 5.51. The van der Waals surface area contributed by atoms with Crippen molar-refractivity contribution in [2.45, 2.75) is 24.7 Å². The van der Waals surface area contributed by atoms with Crippen molar-refractivity contribution >= 4 is 12.0 Å². The lowest BCUT2D eigenvalue weighted by molar-refractivity contribution is -0.134. The minimum atomic E-state index is -0.338. The first-order valence-corrected chi connectivity index (χ1v) is 9.75. The SMILES string of the molecule is COC(=O)/C=C/c1ccc(C2c3ccccc3CCC2c2ccccc2)cc1. The number of aryl methyl sites for hydroxylation is 1. The van der Waals surface area contributed by atoms with E-state index in [-0.39, 0.29) is 5.97 Å². The summed E-state index contributed by atoms with van der Waals surface area (Å²) in [5.41, 5.74) is 6.59. The molecule has 2 nitrogen and oxygen atoms in total. The van der Waals surface area contributed by atoms with Crippen LogP contribution in [0.5, 0.6) is 0 Å². The summed E-state index contributed by atoms with van der Waals surface area (Å²) in [7, 11) is 1.39. The largest absolute Gasteiger partial charge is 0.466 e. The first kappa shape index (κ1) is 18.2. The lowest BCUT2D eigenvalue weighted by atomic mass is 9.69. The standard InChI is InChI=1S/C26H24O2/c1-28-25(27)18-13-19-11-14-22(15-12-19)26-23-10-6-5-9-21(23)16-17-24(26)20-7-3-2-4-8-20/h2-15,18,24,26H,16-17H2,1H3/b18-13+. The van der Waals surface area contributed by atoms with Crippen LogP contribution < -0.4 is 0 Å². The number of hydrogen-bond acceptors (Lipinski definition) is 2. The maximum atomic E-state index is 11.3. The molecule has 0 spiro atoms. The van der Waals surface area contributed by atoms with Crippen molar-refractivity contribution in [3.8, 4) is 0 Å². The number of benzene rings is 3. The summed E-state index contributed by atoms with van der Waals surface area (Å²) in [6.45, 7) is 0. The number of carbonyl (C=O) groups excluding carboxylic acids is 1. The molecule has 0 saturated carbocycles. The predicted molar refractivity (Wildman–Crippen MR) is 113 cm³/mol. The molecule has 3 aromatic rings. The molecule has 0 N–H and O–H groups in total. The summed E-state index contributed by atoms with van der Waals surface area (Å²) < 4.78 is 4.67. The zero-order valence-electron chi connectivity index (χ0n) is 16.0. The van der Waals surface area contributed by atoms with Gasteiger partial charge in [-0.15, -0.1) is 0 Å². The molecule has 0 bridgehead atoms. The van der Waals surface area contributed by atoms with Gasteiger partial charge in [0.15, 0.2) is 0 Å². The van der Waals surface area contributed by atoms with Crippen LogP contribution in [0.15, 0.2) is 84.9 Å². The molecule has 2 heteroatoms. The number of hydrogen-bond donors (Lipinski definition) is 0. The molecule has 0 aromatic heterocycles. The summed E-state index contributed by atoms with van der Waals surface area (Å²) in [5, 5.41) is 0. The van der Waals surface area contributed by atoms with Gasteiger partial charge in [-0.3, -0.25) is 0 Å². The van der Waals surface area contributed by atoms with Crippen LogP contribution in [-0.4, -0.2) is 13.1 Å². The Bertz CT molecular complexity index is 971. The highest BCUT2D eigenvalue weighted by Gasteiger charge is 2.31. The van der Waals surface area contributed by atoms with Crippen LogP contribution in [0.2, 0.25) is 0 Å². The zero-order valence-corrected chi connectivity index (χ0v) is 16.0. The number of fused-ring (bicyclic) bond motifs is 1. The Morgan fingerprint density at radius 1 is 0.893 bits per heavy atom. The average molecular weight is 368 g/mol. The molecule has 3 aromatic carbocycles. The monoisotopic (exact) mass is 368 g/mol. The van der Waals surface area contributed by atoms with Gasteiger partial charge in [-0.1, -0.05) is 78.9 Å². The van der Waals surface area contributed by atoms with Gasteiger partial charge in [-0.05, 0) is 52.7 Å². The quantitative estimate of drug-likeness (QED) is 0.434. The van der Waals surface area contributed by atoms with E-state index in [1.807, 2.05) is 0 Å². The van der Waals surface area contributed by atoms with Gasteiger partial charge in [-0.25, -0.2) is 4.79 Å². The van der Waals surface area contributed by atoms with Gasteiger partial charge in [0.2, 0.25) is 0 Å². The molecular formula is C26H24O2. The van der Waals surface area contributed by atoms with Gasteiger partial charge in [0.25, 0.3) is 0 Å². The molecule has 4 rings (SSSR count). The van der Waals surface area contributed by atoms with E-state index in [1.54, 1.807) is 6.08 Å². The second kappa shape index (κ2) is 8.26. The van der Waals surface area contributed by atoms with Crippen LogP contribution in [0.1, 0.15) is 46.1 Å². The minimum Gasteiger partial charge on any atom is -0.466 e. The van der Waals surface area contributed by atoms with Crippen LogP contribution >= 0.6 is 0 Å². The van der Waals surface area contributed by atoms with Gasteiger partial charge >= 0.3 is 5.97 Å². The number of carbonyl (C=O) groups is 1. The van der Waals surface area contributed by atoms with Gasteiger partial charge < -0.3 is 4.74 Å². The number of esters is 1. The molecule has 2 atom stereocenters. The molecule has 0 amide bonds. The van der Waals surface area contributed by atoms with E-state index in [4.69, 9.17) is 0 Å². The third-order valence-electron chi connectivity index (χ3n) is 5.65. The second-order valence-corrected chi connectivity index (χ2v) is 7.26. The normalized spacial score (nSPS) is 18.6. The Kier molecular flexibility index (Phi) is 5.38. The molecule has 2 unspecified atom stereocenters. The highest BCUT2D eigenvalue weighted by atomic mass is 16.5. The fourth-order valence-corrected chi connectivity index (χ4v) is 4.28. The first-order chi connectivity index (χ1) is 13.8. The smallest absolute Gasteiger partial charge is 0.330 e.